The van der Waals surface area contributed by atoms with Gasteiger partial charge in [-0.05, 0) is 57.3 Å². The molecule has 190 valence electrons. The molecule has 0 aliphatic carbocycles. The number of halogens is 2. The lowest BCUT2D eigenvalue weighted by Gasteiger charge is -2.36. The molecule has 0 amide bonds. The number of Topliss-reactive ketones (excluding diaryl/α,β-unsaturated/α-hetero) is 1. The molecule has 2 heterocycles. The van der Waals surface area contributed by atoms with Crippen LogP contribution in [0.3, 0.4) is 0 Å². The summed E-state index contributed by atoms with van der Waals surface area (Å²) in [4.78, 5) is 26.6. The van der Waals surface area contributed by atoms with Gasteiger partial charge in [0.05, 0.1) is 6.04 Å². The Hall–Kier alpha value is -3.36. The normalized spacial score (nSPS) is 21.2. The number of ketones is 1. The molecular weight excluding hydrogens is 466 g/mol. The monoisotopic (exact) mass is 496 g/mol. The highest BCUT2D eigenvalue weighted by Gasteiger charge is 2.55. The summed E-state index contributed by atoms with van der Waals surface area (Å²) in [7, 11) is 3.88. The summed E-state index contributed by atoms with van der Waals surface area (Å²) in [5.41, 5.74) is 1.05. The second-order valence-corrected chi connectivity index (χ2v) is 9.37. The van der Waals surface area contributed by atoms with E-state index in [-0.39, 0.29) is 24.5 Å². The average Bonchev–Trinajstić information content (AvgIpc) is 3.40. The second kappa shape index (κ2) is 11.1. The van der Waals surface area contributed by atoms with Crippen molar-refractivity contribution in [2.75, 3.05) is 32.6 Å². The maximum absolute atomic E-state index is 14.0. The number of benzene rings is 2. The molecule has 6 nitrogen and oxygen atoms in total. The molecule has 2 bridgehead atoms. The molecule has 3 unspecified atom stereocenters. The summed E-state index contributed by atoms with van der Waals surface area (Å²) >= 11 is 0. The number of nitrogens with zero attached hydrogens (tertiary/aromatic N) is 1. The van der Waals surface area contributed by atoms with Gasteiger partial charge in [-0.15, -0.1) is 0 Å². The van der Waals surface area contributed by atoms with Gasteiger partial charge in [-0.1, -0.05) is 36.4 Å². The fraction of sp³-hybridized carbons (Fsp3) is 0.357. The number of hydrogen-bond acceptors (Lipinski definition) is 6. The molecule has 0 fully saturated rings. The van der Waals surface area contributed by atoms with Gasteiger partial charge in [-0.25, -0.2) is 8.78 Å². The number of carbonyl (C=O) groups is 2. The standard InChI is InChI=1S/C28H30F2N2O4/c1-32(2)12-6-9-24(34)27-23(17-35-18-33)25-10-11-28(27,36-25)26(13-19-7-4-3-5-8-19)31-22-15-20(29)14-21(30)16-22/h3-5,7-8,10-11,14-16,18,25-26,31H,6,9,12-13,17H2,1-2H3. The van der Waals surface area contributed by atoms with Gasteiger partial charge in [-0.2, -0.15) is 0 Å². The molecule has 0 saturated heterocycles. The molecule has 0 spiro atoms. The minimum Gasteiger partial charge on any atom is -0.463 e. The number of ether oxygens (including phenoxy) is 2. The van der Waals surface area contributed by atoms with Crippen LogP contribution in [0.25, 0.3) is 0 Å². The van der Waals surface area contributed by atoms with Crippen molar-refractivity contribution in [3.8, 4) is 0 Å². The zero-order valence-electron chi connectivity index (χ0n) is 20.4. The van der Waals surface area contributed by atoms with Crippen LogP contribution in [0.2, 0.25) is 0 Å². The molecule has 0 saturated carbocycles. The summed E-state index contributed by atoms with van der Waals surface area (Å²) in [5, 5.41) is 3.24. The van der Waals surface area contributed by atoms with Gasteiger partial charge < -0.3 is 19.7 Å². The molecule has 0 radical (unpaired) electrons. The van der Waals surface area contributed by atoms with Gasteiger partial charge in [0.1, 0.15) is 29.9 Å². The number of nitrogens with one attached hydrogen (secondary N) is 1. The van der Waals surface area contributed by atoms with E-state index in [1.807, 2.05) is 61.5 Å². The quantitative estimate of drug-likeness (QED) is 0.333. The first-order valence-corrected chi connectivity index (χ1v) is 11.9. The molecule has 4 rings (SSSR count). The summed E-state index contributed by atoms with van der Waals surface area (Å²) in [5.74, 6) is -1.52. The average molecular weight is 497 g/mol. The van der Waals surface area contributed by atoms with Crippen LogP contribution in [-0.2, 0) is 25.5 Å². The fourth-order valence-electron chi connectivity index (χ4n) is 4.97. The number of fused-ring (bicyclic) bond motifs is 2. The highest BCUT2D eigenvalue weighted by molar-refractivity contribution is 6.00. The van der Waals surface area contributed by atoms with Gasteiger partial charge in [0.25, 0.3) is 6.47 Å². The Morgan fingerprint density at radius 3 is 2.58 bits per heavy atom. The molecule has 2 aromatic rings. The molecular formula is C28H30F2N2O4. The van der Waals surface area contributed by atoms with E-state index in [9.17, 15) is 18.4 Å². The predicted octanol–water partition coefficient (Wildman–Crippen LogP) is 4.08. The van der Waals surface area contributed by atoms with Crippen LogP contribution in [0.4, 0.5) is 14.5 Å². The highest BCUT2D eigenvalue weighted by atomic mass is 19.1. The first kappa shape index (κ1) is 25.7. The zero-order chi connectivity index (χ0) is 25.7. The SMILES string of the molecule is CN(C)CCCC(=O)C1=C(COC=O)C2C=CC1(C(Cc1ccccc1)Nc1cc(F)cc(F)c1)O2. The molecule has 36 heavy (non-hydrogen) atoms. The third-order valence-corrected chi connectivity index (χ3v) is 6.49. The number of hydrogen-bond donors (Lipinski definition) is 1. The van der Waals surface area contributed by atoms with Crippen molar-refractivity contribution in [1.29, 1.82) is 0 Å². The van der Waals surface area contributed by atoms with E-state index in [0.717, 1.165) is 18.2 Å². The Bertz CT molecular complexity index is 1150. The minimum atomic E-state index is -1.19. The van der Waals surface area contributed by atoms with Crippen molar-refractivity contribution < 1.29 is 27.8 Å². The second-order valence-electron chi connectivity index (χ2n) is 9.37. The summed E-state index contributed by atoms with van der Waals surface area (Å²) in [6, 6.07) is 12.2. The van der Waals surface area contributed by atoms with E-state index in [4.69, 9.17) is 9.47 Å². The van der Waals surface area contributed by atoms with Crippen LogP contribution in [-0.4, -0.2) is 62.1 Å². The number of carbonyl (C=O) groups excluding carboxylic acids is 2. The molecule has 2 aromatic carbocycles. The maximum atomic E-state index is 14.0. The Labute approximate surface area is 209 Å². The molecule has 3 atom stereocenters. The summed E-state index contributed by atoms with van der Waals surface area (Å²) < 4.78 is 39.6. The van der Waals surface area contributed by atoms with E-state index in [1.165, 1.54) is 12.1 Å². The third kappa shape index (κ3) is 5.55. The summed E-state index contributed by atoms with van der Waals surface area (Å²) in [6.07, 6.45) is 4.50. The Morgan fingerprint density at radius 2 is 1.92 bits per heavy atom. The third-order valence-electron chi connectivity index (χ3n) is 6.49. The Kier molecular flexibility index (Phi) is 7.96. The van der Waals surface area contributed by atoms with Crippen molar-refractivity contribution in [3.05, 3.63) is 89.0 Å². The van der Waals surface area contributed by atoms with Crippen molar-refractivity contribution >= 4 is 17.9 Å². The van der Waals surface area contributed by atoms with Crippen LogP contribution >= 0.6 is 0 Å². The van der Waals surface area contributed by atoms with Gasteiger partial charge >= 0.3 is 0 Å². The van der Waals surface area contributed by atoms with E-state index in [1.54, 1.807) is 0 Å². The first-order chi connectivity index (χ1) is 17.3. The van der Waals surface area contributed by atoms with Crippen molar-refractivity contribution in [3.63, 3.8) is 0 Å². The van der Waals surface area contributed by atoms with Crippen molar-refractivity contribution in [1.82, 2.24) is 4.90 Å². The molecule has 2 aliphatic heterocycles. The lowest BCUT2D eigenvalue weighted by Crippen LogP contribution is -2.49. The maximum Gasteiger partial charge on any atom is 0.293 e. The van der Waals surface area contributed by atoms with Crippen molar-refractivity contribution in [2.45, 2.75) is 37.0 Å². The van der Waals surface area contributed by atoms with E-state index >= 15 is 0 Å². The van der Waals surface area contributed by atoms with Gasteiger partial charge in [0, 0.05) is 29.3 Å². The van der Waals surface area contributed by atoms with E-state index < -0.39 is 29.4 Å². The predicted molar refractivity (Wildman–Crippen MR) is 132 cm³/mol. The summed E-state index contributed by atoms with van der Waals surface area (Å²) in [6.45, 7) is 1.01. The largest absolute Gasteiger partial charge is 0.463 e. The van der Waals surface area contributed by atoms with Crippen LogP contribution < -0.4 is 5.32 Å². The molecule has 0 aromatic heterocycles. The molecule has 8 heteroatoms. The zero-order valence-corrected chi connectivity index (χ0v) is 20.4. The molecule has 1 N–H and O–H groups in total. The van der Waals surface area contributed by atoms with Crippen LogP contribution in [0.15, 0.2) is 71.8 Å². The highest BCUT2D eigenvalue weighted by Crippen LogP contribution is 2.47. The van der Waals surface area contributed by atoms with E-state index in [2.05, 4.69) is 5.32 Å². The Morgan fingerprint density at radius 1 is 1.19 bits per heavy atom. The van der Waals surface area contributed by atoms with Crippen LogP contribution in [0.1, 0.15) is 18.4 Å². The first-order valence-electron chi connectivity index (χ1n) is 11.9. The van der Waals surface area contributed by atoms with Crippen LogP contribution in [0.5, 0.6) is 0 Å². The lowest BCUT2D eigenvalue weighted by atomic mass is 9.76. The fourth-order valence-corrected chi connectivity index (χ4v) is 4.97. The van der Waals surface area contributed by atoms with Gasteiger partial charge in [0.15, 0.2) is 5.78 Å². The minimum absolute atomic E-state index is 0.0678. The smallest absolute Gasteiger partial charge is 0.293 e. The van der Waals surface area contributed by atoms with E-state index in [0.29, 0.717) is 30.5 Å². The van der Waals surface area contributed by atoms with Gasteiger partial charge in [-0.3, -0.25) is 9.59 Å². The molecule has 2 aliphatic rings. The topological polar surface area (TPSA) is 67.9 Å². The van der Waals surface area contributed by atoms with Crippen molar-refractivity contribution in [2.24, 2.45) is 0 Å². The Balaban J connectivity index is 1.74. The number of anilines is 1. The van der Waals surface area contributed by atoms with Crippen LogP contribution in [0, 0.1) is 11.6 Å². The van der Waals surface area contributed by atoms with Gasteiger partial charge in [0.2, 0.25) is 0 Å². The number of rotatable bonds is 13. The lowest BCUT2D eigenvalue weighted by molar-refractivity contribution is -0.128.